The van der Waals surface area contributed by atoms with Crippen LogP contribution >= 0.6 is 23.4 Å². The zero-order valence-corrected chi connectivity index (χ0v) is 18.9. The summed E-state index contributed by atoms with van der Waals surface area (Å²) in [4.78, 5) is 29.8. The van der Waals surface area contributed by atoms with Gasteiger partial charge in [0, 0.05) is 28.4 Å². The molecule has 162 valence electrons. The monoisotopic (exact) mass is 466 g/mol. The van der Waals surface area contributed by atoms with Crippen LogP contribution < -0.4 is 4.90 Å². The van der Waals surface area contributed by atoms with Crippen LogP contribution in [0.2, 0.25) is 5.02 Å². The fourth-order valence-electron chi connectivity index (χ4n) is 4.41. The van der Waals surface area contributed by atoms with Crippen LogP contribution in [0.1, 0.15) is 27.0 Å². The normalized spacial score (nSPS) is 19.7. The molecule has 2 aliphatic rings. The minimum Gasteiger partial charge on any atom is -0.311 e. The Hall–Kier alpha value is -2.83. The summed E-state index contributed by atoms with van der Waals surface area (Å²) in [5.41, 5.74) is 3.95. The lowest BCUT2D eigenvalue weighted by Crippen LogP contribution is -2.50. The molecule has 3 aromatic rings. The Labute approximate surface area is 195 Å². The van der Waals surface area contributed by atoms with Crippen molar-refractivity contribution in [2.24, 2.45) is 0 Å². The van der Waals surface area contributed by atoms with E-state index in [0.717, 1.165) is 22.4 Å². The highest BCUT2D eigenvalue weighted by Crippen LogP contribution is 2.55. The quantitative estimate of drug-likeness (QED) is 0.520. The first-order valence-electron chi connectivity index (χ1n) is 10.3. The fourth-order valence-corrected chi connectivity index (χ4v) is 5.98. The number of aryl methyl sites for hydroxylation is 1. The van der Waals surface area contributed by atoms with Gasteiger partial charge >= 0.3 is 0 Å². The standard InChI is InChI=1S/C25H20ClFN2O2S/c1-16-2-11-22-21(14-16)25(24(31)28(22)15-17-3-9-20(27)10-4-17)29(12-13-32-25)23(30)18-5-7-19(26)8-6-18/h2-11,14H,12-13,15H2,1H3/t25-/m1/s1. The molecule has 0 aliphatic carbocycles. The summed E-state index contributed by atoms with van der Waals surface area (Å²) in [5.74, 6) is -0.00790. The van der Waals surface area contributed by atoms with Crippen molar-refractivity contribution in [1.29, 1.82) is 0 Å². The maximum Gasteiger partial charge on any atom is 0.268 e. The molecule has 1 fully saturated rings. The number of fused-ring (bicyclic) bond motifs is 2. The number of rotatable bonds is 3. The number of carbonyl (C=O) groups is 2. The molecule has 32 heavy (non-hydrogen) atoms. The summed E-state index contributed by atoms with van der Waals surface area (Å²) >= 11 is 7.49. The van der Waals surface area contributed by atoms with E-state index in [9.17, 15) is 14.0 Å². The van der Waals surface area contributed by atoms with Gasteiger partial charge in [-0.15, -0.1) is 11.8 Å². The first-order valence-corrected chi connectivity index (χ1v) is 11.7. The third kappa shape index (κ3) is 3.29. The summed E-state index contributed by atoms with van der Waals surface area (Å²) in [6, 6.07) is 18.8. The van der Waals surface area contributed by atoms with Gasteiger partial charge in [-0.25, -0.2) is 4.39 Å². The van der Waals surface area contributed by atoms with Crippen molar-refractivity contribution >= 4 is 40.9 Å². The Kier molecular flexibility index (Phi) is 5.22. The number of thioether (sulfide) groups is 1. The van der Waals surface area contributed by atoms with E-state index in [-0.39, 0.29) is 17.6 Å². The molecule has 3 aromatic carbocycles. The van der Waals surface area contributed by atoms with Gasteiger partial charge in [-0.3, -0.25) is 9.59 Å². The lowest BCUT2D eigenvalue weighted by atomic mass is 10.0. The third-order valence-corrected chi connectivity index (χ3v) is 7.61. The number of hydrogen-bond donors (Lipinski definition) is 0. The molecule has 0 bridgehead atoms. The second-order valence-corrected chi connectivity index (χ2v) is 9.72. The maximum atomic E-state index is 14.0. The molecule has 1 spiro atoms. The molecule has 0 radical (unpaired) electrons. The zero-order valence-electron chi connectivity index (χ0n) is 17.3. The molecule has 0 N–H and O–H groups in total. The van der Waals surface area contributed by atoms with Crippen LogP contribution in [0.15, 0.2) is 66.7 Å². The lowest BCUT2D eigenvalue weighted by molar-refractivity contribution is -0.123. The molecule has 0 saturated carbocycles. The minimum atomic E-state index is -1.11. The zero-order chi connectivity index (χ0) is 22.5. The Morgan fingerprint density at radius 1 is 1.09 bits per heavy atom. The molecule has 1 atom stereocenters. The highest BCUT2D eigenvalue weighted by atomic mass is 35.5. The number of hydrogen-bond acceptors (Lipinski definition) is 3. The van der Waals surface area contributed by atoms with Crippen molar-refractivity contribution in [1.82, 2.24) is 4.90 Å². The van der Waals surface area contributed by atoms with Crippen LogP contribution in [0.4, 0.5) is 10.1 Å². The number of amides is 2. The molecule has 2 amide bonds. The first kappa shape index (κ1) is 21.0. The van der Waals surface area contributed by atoms with E-state index in [1.807, 2.05) is 25.1 Å². The average molecular weight is 467 g/mol. The van der Waals surface area contributed by atoms with Crippen LogP contribution in [0.25, 0.3) is 0 Å². The van der Waals surface area contributed by atoms with Gasteiger partial charge in [0.1, 0.15) is 5.82 Å². The lowest BCUT2D eigenvalue weighted by Gasteiger charge is -2.33. The largest absolute Gasteiger partial charge is 0.311 e. The van der Waals surface area contributed by atoms with Crippen LogP contribution in [0, 0.1) is 12.7 Å². The molecule has 0 unspecified atom stereocenters. The van der Waals surface area contributed by atoms with Gasteiger partial charge < -0.3 is 9.80 Å². The highest BCUT2D eigenvalue weighted by Gasteiger charge is 2.59. The second kappa shape index (κ2) is 7.94. The van der Waals surface area contributed by atoms with E-state index in [4.69, 9.17) is 11.6 Å². The van der Waals surface area contributed by atoms with E-state index in [2.05, 4.69) is 0 Å². The van der Waals surface area contributed by atoms with Crippen molar-refractivity contribution in [2.45, 2.75) is 18.3 Å². The van der Waals surface area contributed by atoms with Crippen LogP contribution in [-0.4, -0.2) is 29.0 Å². The highest BCUT2D eigenvalue weighted by molar-refractivity contribution is 8.01. The molecular formula is C25H20ClFN2O2S. The van der Waals surface area contributed by atoms with Gasteiger partial charge in [0.15, 0.2) is 4.87 Å². The predicted octanol–water partition coefficient (Wildman–Crippen LogP) is 5.38. The van der Waals surface area contributed by atoms with Crippen LogP contribution in [-0.2, 0) is 16.2 Å². The van der Waals surface area contributed by atoms with Crippen molar-refractivity contribution < 1.29 is 14.0 Å². The number of anilines is 1. The van der Waals surface area contributed by atoms with Crippen LogP contribution in [0.5, 0.6) is 0 Å². The van der Waals surface area contributed by atoms with Crippen molar-refractivity contribution in [3.63, 3.8) is 0 Å². The smallest absolute Gasteiger partial charge is 0.268 e. The number of nitrogens with zero attached hydrogens (tertiary/aromatic N) is 2. The minimum absolute atomic E-state index is 0.146. The SMILES string of the molecule is Cc1ccc2c(c1)[C@@]1(SCCN1C(=O)c1ccc(Cl)cc1)C(=O)N2Cc1ccc(F)cc1. The molecule has 2 heterocycles. The average Bonchev–Trinajstić information content (AvgIpc) is 3.32. The van der Waals surface area contributed by atoms with E-state index in [0.29, 0.717) is 29.4 Å². The van der Waals surface area contributed by atoms with Gasteiger partial charge in [-0.1, -0.05) is 41.4 Å². The predicted molar refractivity (Wildman–Crippen MR) is 125 cm³/mol. The number of carbonyl (C=O) groups excluding carboxylic acids is 2. The summed E-state index contributed by atoms with van der Waals surface area (Å²) in [6.07, 6.45) is 0. The summed E-state index contributed by atoms with van der Waals surface area (Å²) in [5, 5.41) is 0.551. The van der Waals surface area contributed by atoms with Crippen LogP contribution in [0.3, 0.4) is 0 Å². The number of halogens is 2. The molecule has 2 aliphatic heterocycles. The Bertz CT molecular complexity index is 1220. The Morgan fingerprint density at radius 3 is 2.53 bits per heavy atom. The molecule has 4 nitrogen and oxygen atoms in total. The number of benzene rings is 3. The molecule has 0 aromatic heterocycles. The van der Waals surface area contributed by atoms with E-state index < -0.39 is 4.87 Å². The molecular weight excluding hydrogens is 447 g/mol. The fraction of sp³-hybridized carbons (Fsp3) is 0.200. The first-order chi connectivity index (χ1) is 15.4. The molecule has 1 saturated heterocycles. The van der Waals surface area contributed by atoms with Gasteiger partial charge in [0.25, 0.3) is 11.8 Å². The van der Waals surface area contributed by atoms with E-state index >= 15 is 0 Å². The van der Waals surface area contributed by atoms with Gasteiger partial charge in [0.05, 0.1) is 12.2 Å². The van der Waals surface area contributed by atoms with E-state index in [1.165, 1.54) is 23.9 Å². The Balaban J connectivity index is 1.58. The molecule has 5 rings (SSSR count). The second-order valence-electron chi connectivity index (χ2n) is 7.99. The van der Waals surface area contributed by atoms with Crippen molar-refractivity contribution in [2.75, 3.05) is 17.2 Å². The van der Waals surface area contributed by atoms with Gasteiger partial charge in [-0.2, -0.15) is 0 Å². The summed E-state index contributed by atoms with van der Waals surface area (Å²) in [6.45, 7) is 2.75. The van der Waals surface area contributed by atoms with Crippen molar-refractivity contribution in [3.05, 3.63) is 99.8 Å². The van der Waals surface area contributed by atoms with Crippen molar-refractivity contribution in [3.8, 4) is 0 Å². The third-order valence-electron chi connectivity index (χ3n) is 5.94. The topological polar surface area (TPSA) is 40.6 Å². The van der Waals surface area contributed by atoms with E-state index in [1.54, 1.807) is 46.2 Å². The maximum absolute atomic E-state index is 14.0. The van der Waals surface area contributed by atoms with Gasteiger partial charge in [-0.05, 0) is 55.0 Å². The summed E-state index contributed by atoms with van der Waals surface area (Å²) in [7, 11) is 0. The van der Waals surface area contributed by atoms with Gasteiger partial charge in [0.2, 0.25) is 0 Å². The summed E-state index contributed by atoms with van der Waals surface area (Å²) < 4.78 is 13.4. The molecule has 7 heteroatoms. The Morgan fingerprint density at radius 2 is 1.81 bits per heavy atom.